The van der Waals surface area contributed by atoms with Crippen LogP contribution in [0.1, 0.15) is 35.8 Å². The molecular weight excluding hydrogens is 272 g/mol. The van der Waals surface area contributed by atoms with Crippen molar-refractivity contribution in [2.75, 3.05) is 16.8 Å². The molecule has 0 spiro atoms. The molecule has 1 aliphatic heterocycles. The van der Waals surface area contributed by atoms with E-state index in [9.17, 15) is 13.2 Å². The maximum absolute atomic E-state index is 11.5. The second-order valence-corrected chi connectivity index (χ2v) is 7.68. The zero-order valence-corrected chi connectivity index (χ0v) is 12.0. The van der Waals surface area contributed by atoms with Crippen LogP contribution in [0.5, 0.6) is 0 Å². The first-order valence-electron chi connectivity index (χ1n) is 5.83. The molecule has 2 heterocycles. The van der Waals surface area contributed by atoms with Gasteiger partial charge in [-0.25, -0.2) is 8.42 Å². The molecule has 1 N–H and O–H groups in total. The van der Waals surface area contributed by atoms with Crippen molar-refractivity contribution in [2.24, 2.45) is 0 Å². The van der Waals surface area contributed by atoms with Gasteiger partial charge in [0.05, 0.1) is 22.8 Å². The van der Waals surface area contributed by atoms with E-state index in [1.165, 1.54) is 18.5 Å². The quantitative estimate of drug-likeness (QED) is 0.856. The number of hydrogen-bond acceptors (Lipinski definition) is 6. The summed E-state index contributed by atoms with van der Waals surface area (Å²) in [5.74, 6) is 0.433. The number of carbonyl (C=O) groups excluding carboxylic acids is 1. The Bertz CT molecular complexity index is 549. The van der Waals surface area contributed by atoms with Gasteiger partial charge >= 0.3 is 0 Å². The minimum atomic E-state index is -2.85. The Labute approximate surface area is 111 Å². The van der Waals surface area contributed by atoms with Crippen LogP contribution in [0.15, 0.2) is 0 Å². The summed E-state index contributed by atoms with van der Waals surface area (Å²) in [5, 5.41) is 4.03. The van der Waals surface area contributed by atoms with Gasteiger partial charge in [-0.3, -0.25) is 4.79 Å². The van der Waals surface area contributed by atoms with Gasteiger partial charge in [0.15, 0.2) is 5.78 Å². The molecule has 0 atom stereocenters. The standard InChI is InChI=1S/C11H16N2O3S2/c1-7-10(8(2)14)11(17-13-7)12-9-3-5-18(15,16)6-4-9/h9,12H,3-6H2,1-2H3. The van der Waals surface area contributed by atoms with E-state index in [4.69, 9.17) is 0 Å². The molecule has 0 amide bonds. The molecule has 2 rings (SSSR count). The number of ketones is 1. The van der Waals surface area contributed by atoms with Gasteiger partial charge in [0.25, 0.3) is 0 Å². The van der Waals surface area contributed by atoms with E-state index in [1.54, 1.807) is 0 Å². The van der Waals surface area contributed by atoms with Crippen LogP contribution < -0.4 is 5.32 Å². The number of nitrogens with one attached hydrogen (secondary N) is 1. The lowest BCUT2D eigenvalue weighted by Crippen LogP contribution is -2.32. The van der Waals surface area contributed by atoms with Crippen LogP contribution in [-0.2, 0) is 9.84 Å². The molecule has 1 aromatic rings. The third kappa shape index (κ3) is 2.89. The first-order chi connectivity index (χ1) is 8.39. The summed E-state index contributed by atoms with van der Waals surface area (Å²) in [5.41, 5.74) is 1.37. The SMILES string of the molecule is CC(=O)c1c(C)nsc1NC1CCS(=O)(=O)CC1. The molecular formula is C11H16N2O3S2. The smallest absolute Gasteiger partial charge is 0.164 e. The van der Waals surface area contributed by atoms with Crippen LogP contribution in [-0.4, -0.2) is 36.1 Å². The van der Waals surface area contributed by atoms with Crippen molar-refractivity contribution in [1.29, 1.82) is 0 Å². The zero-order chi connectivity index (χ0) is 13.3. The third-order valence-electron chi connectivity index (χ3n) is 3.10. The molecule has 1 aliphatic rings. The van der Waals surface area contributed by atoms with Gasteiger partial charge in [0.1, 0.15) is 14.8 Å². The Hall–Kier alpha value is -0.950. The van der Waals surface area contributed by atoms with Gasteiger partial charge in [0.2, 0.25) is 0 Å². The van der Waals surface area contributed by atoms with Crippen LogP contribution in [0.4, 0.5) is 5.00 Å². The molecule has 1 fully saturated rings. The van der Waals surface area contributed by atoms with Crippen molar-refractivity contribution in [2.45, 2.75) is 32.7 Å². The van der Waals surface area contributed by atoms with Crippen molar-refractivity contribution in [1.82, 2.24) is 4.37 Å². The summed E-state index contributed by atoms with van der Waals surface area (Å²) in [6.07, 6.45) is 1.19. The number of Topliss-reactive ketones (excluding diaryl/α,β-unsaturated/α-hetero) is 1. The second-order valence-electron chi connectivity index (χ2n) is 4.60. The summed E-state index contributed by atoms with van der Waals surface area (Å²) in [6.45, 7) is 3.33. The van der Waals surface area contributed by atoms with Gasteiger partial charge in [-0.05, 0) is 38.2 Å². The molecule has 18 heavy (non-hydrogen) atoms. The lowest BCUT2D eigenvalue weighted by Gasteiger charge is -2.23. The Morgan fingerprint density at radius 1 is 1.39 bits per heavy atom. The molecule has 7 heteroatoms. The third-order valence-corrected chi connectivity index (χ3v) is 5.69. The normalized spacial score (nSPS) is 19.7. The van der Waals surface area contributed by atoms with E-state index in [2.05, 4.69) is 9.69 Å². The average molecular weight is 288 g/mol. The predicted octanol–water partition coefficient (Wildman–Crippen LogP) is 1.64. The molecule has 0 radical (unpaired) electrons. The molecule has 1 aromatic heterocycles. The molecule has 0 saturated carbocycles. The minimum Gasteiger partial charge on any atom is -0.372 e. The second kappa shape index (κ2) is 4.97. The van der Waals surface area contributed by atoms with Gasteiger partial charge in [-0.2, -0.15) is 4.37 Å². The van der Waals surface area contributed by atoms with E-state index < -0.39 is 9.84 Å². The number of aromatic nitrogens is 1. The monoisotopic (exact) mass is 288 g/mol. The largest absolute Gasteiger partial charge is 0.372 e. The lowest BCUT2D eigenvalue weighted by atomic mass is 10.1. The summed E-state index contributed by atoms with van der Waals surface area (Å²) in [4.78, 5) is 11.5. The molecule has 5 nitrogen and oxygen atoms in total. The van der Waals surface area contributed by atoms with Crippen molar-refractivity contribution < 1.29 is 13.2 Å². The first kappa shape index (κ1) is 13.5. The molecule has 100 valence electrons. The van der Waals surface area contributed by atoms with Crippen molar-refractivity contribution >= 4 is 32.2 Å². The minimum absolute atomic E-state index is 0.00724. The van der Waals surface area contributed by atoms with E-state index in [0.717, 1.165) is 10.7 Å². The Kier molecular flexibility index (Phi) is 3.72. The highest BCUT2D eigenvalue weighted by molar-refractivity contribution is 7.91. The predicted molar refractivity (Wildman–Crippen MR) is 72.2 cm³/mol. The highest BCUT2D eigenvalue weighted by atomic mass is 32.2. The summed E-state index contributed by atoms with van der Waals surface area (Å²) >= 11 is 1.27. The maximum atomic E-state index is 11.5. The van der Waals surface area contributed by atoms with Crippen LogP contribution in [0.2, 0.25) is 0 Å². The van der Waals surface area contributed by atoms with E-state index in [-0.39, 0.29) is 23.3 Å². The molecule has 0 aromatic carbocycles. The van der Waals surface area contributed by atoms with Crippen molar-refractivity contribution in [3.05, 3.63) is 11.3 Å². The first-order valence-corrected chi connectivity index (χ1v) is 8.43. The number of anilines is 1. The van der Waals surface area contributed by atoms with E-state index in [0.29, 0.717) is 18.4 Å². The molecule has 0 aliphatic carbocycles. The zero-order valence-electron chi connectivity index (χ0n) is 10.4. The van der Waals surface area contributed by atoms with Crippen LogP contribution in [0.3, 0.4) is 0 Å². The van der Waals surface area contributed by atoms with Crippen LogP contribution >= 0.6 is 11.5 Å². The van der Waals surface area contributed by atoms with Gasteiger partial charge < -0.3 is 5.32 Å². The summed E-state index contributed by atoms with van der Waals surface area (Å²) in [6, 6.07) is 0.117. The van der Waals surface area contributed by atoms with Crippen molar-refractivity contribution in [3.8, 4) is 0 Å². The Balaban J connectivity index is 2.09. The number of hydrogen-bond donors (Lipinski definition) is 1. The molecule has 1 saturated heterocycles. The molecule has 0 bridgehead atoms. The maximum Gasteiger partial charge on any atom is 0.164 e. The van der Waals surface area contributed by atoms with Crippen LogP contribution in [0, 0.1) is 6.92 Å². The van der Waals surface area contributed by atoms with Crippen molar-refractivity contribution in [3.63, 3.8) is 0 Å². The van der Waals surface area contributed by atoms with Crippen LogP contribution in [0.25, 0.3) is 0 Å². The summed E-state index contributed by atoms with van der Waals surface area (Å²) < 4.78 is 26.8. The highest BCUT2D eigenvalue weighted by Crippen LogP contribution is 2.27. The number of rotatable bonds is 3. The molecule has 0 unspecified atom stereocenters. The fourth-order valence-corrected chi connectivity index (χ4v) is 4.52. The number of sulfone groups is 1. The van der Waals surface area contributed by atoms with Gasteiger partial charge in [0, 0.05) is 6.04 Å². The van der Waals surface area contributed by atoms with Gasteiger partial charge in [-0.15, -0.1) is 0 Å². The number of carbonyl (C=O) groups is 1. The fourth-order valence-electron chi connectivity index (χ4n) is 2.10. The summed E-state index contributed by atoms with van der Waals surface area (Å²) in [7, 11) is -2.85. The Morgan fingerprint density at radius 3 is 2.56 bits per heavy atom. The lowest BCUT2D eigenvalue weighted by molar-refractivity contribution is 0.101. The topological polar surface area (TPSA) is 76.1 Å². The van der Waals surface area contributed by atoms with E-state index in [1.807, 2.05) is 6.92 Å². The highest BCUT2D eigenvalue weighted by Gasteiger charge is 2.25. The van der Waals surface area contributed by atoms with E-state index >= 15 is 0 Å². The number of aryl methyl sites for hydroxylation is 1. The fraction of sp³-hybridized carbons (Fsp3) is 0.636. The Morgan fingerprint density at radius 2 is 2.00 bits per heavy atom. The van der Waals surface area contributed by atoms with Gasteiger partial charge in [-0.1, -0.05) is 0 Å². The number of nitrogens with zero attached hydrogens (tertiary/aromatic N) is 1. The average Bonchev–Trinajstić information content (AvgIpc) is 2.63.